The van der Waals surface area contributed by atoms with Crippen LogP contribution >= 0.6 is 0 Å². The summed E-state index contributed by atoms with van der Waals surface area (Å²) < 4.78 is 41.6. The van der Waals surface area contributed by atoms with Gasteiger partial charge in [0.05, 0.1) is 6.10 Å². The first-order valence-corrected chi connectivity index (χ1v) is 9.01. The molecule has 2 heterocycles. The van der Waals surface area contributed by atoms with Crippen LogP contribution in [0.2, 0.25) is 0 Å². The van der Waals surface area contributed by atoms with E-state index in [2.05, 4.69) is 0 Å². The normalized spacial score (nSPS) is 26.7. The zero-order chi connectivity index (χ0) is 21.3. The zero-order valence-corrected chi connectivity index (χ0v) is 16.3. The van der Waals surface area contributed by atoms with Crippen LogP contribution in [0.3, 0.4) is 0 Å². The predicted octanol–water partition coefficient (Wildman–Crippen LogP) is 2.43. The molecule has 0 radical (unpaired) electrons. The summed E-state index contributed by atoms with van der Waals surface area (Å²) in [6, 6.07) is 6.12. The van der Waals surface area contributed by atoms with Crippen molar-refractivity contribution in [2.45, 2.75) is 58.5 Å². The van der Waals surface area contributed by atoms with Crippen LogP contribution in [-0.2, 0) is 23.8 Å². The van der Waals surface area contributed by atoms with Gasteiger partial charge in [-0.1, -0.05) is 0 Å². The third-order valence-electron chi connectivity index (χ3n) is 4.49. The lowest BCUT2D eigenvalue weighted by atomic mass is 10.0. The van der Waals surface area contributed by atoms with Crippen LogP contribution in [0.1, 0.15) is 26.3 Å². The van der Waals surface area contributed by atoms with Crippen molar-refractivity contribution >= 4 is 22.9 Å². The Morgan fingerprint density at radius 2 is 1.72 bits per heavy atom. The van der Waals surface area contributed by atoms with Crippen molar-refractivity contribution in [2.75, 3.05) is 0 Å². The van der Waals surface area contributed by atoms with E-state index in [1.807, 2.05) is 0 Å². The van der Waals surface area contributed by atoms with Crippen molar-refractivity contribution in [3.63, 3.8) is 0 Å². The van der Waals surface area contributed by atoms with E-state index in [1.165, 1.54) is 19.1 Å². The van der Waals surface area contributed by atoms with E-state index in [-0.39, 0.29) is 11.3 Å². The van der Waals surface area contributed by atoms with Crippen LogP contribution in [0.15, 0.2) is 33.5 Å². The average molecular weight is 408 g/mol. The van der Waals surface area contributed by atoms with E-state index in [0.29, 0.717) is 5.39 Å². The molecule has 1 aromatic heterocycles. The highest BCUT2D eigenvalue weighted by Crippen LogP contribution is 2.31. The molecule has 1 saturated heterocycles. The lowest BCUT2D eigenvalue weighted by molar-refractivity contribution is -0.265. The largest absolute Gasteiger partial charge is 0.461 e. The molecule has 9 heteroatoms. The van der Waals surface area contributed by atoms with Gasteiger partial charge in [0.2, 0.25) is 6.29 Å². The Morgan fingerprint density at radius 3 is 2.38 bits per heavy atom. The molecule has 1 fully saturated rings. The molecule has 1 aliphatic heterocycles. The molecule has 0 saturated carbocycles. The quantitative estimate of drug-likeness (QED) is 0.562. The van der Waals surface area contributed by atoms with Crippen LogP contribution < -0.4 is 10.4 Å². The molecular formula is C20H21FO8. The number of esters is 2. The first-order valence-electron chi connectivity index (χ1n) is 9.01. The minimum atomic E-state index is -1.86. The van der Waals surface area contributed by atoms with Crippen LogP contribution in [0.25, 0.3) is 11.0 Å². The minimum Gasteiger partial charge on any atom is -0.461 e. The lowest BCUT2D eigenvalue weighted by Crippen LogP contribution is -2.59. The molecule has 5 atom stereocenters. The Labute approximate surface area is 165 Å². The lowest BCUT2D eigenvalue weighted by Gasteiger charge is -2.40. The molecule has 0 bridgehead atoms. The third-order valence-corrected chi connectivity index (χ3v) is 4.49. The first kappa shape index (κ1) is 20.8. The molecule has 156 valence electrons. The number of aryl methyl sites for hydroxylation is 1. The first-order chi connectivity index (χ1) is 13.7. The summed E-state index contributed by atoms with van der Waals surface area (Å²) in [6.07, 6.45) is -6.74. The number of hydrogen-bond donors (Lipinski definition) is 0. The van der Waals surface area contributed by atoms with Crippen LogP contribution in [0, 0.1) is 6.92 Å². The molecule has 29 heavy (non-hydrogen) atoms. The highest BCUT2D eigenvalue weighted by Gasteiger charge is 2.50. The summed E-state index contributed by atoms with van der Waals surface area (Å²) in [6.45, 7) is 5.55. The molecule has 0 N–H and O–H groups in total. The predicted molar refractivity (Wildman–Crippen MR) is 98.2 cm³/mol. The van der Waals surface area contributed by atoms with E-state index >= 15 is 4.39 Å². The fourth-order valence-corrected chi connectivity index (χ4v) is 3.23. The van der Waals surface area contributed by atoms with Gasteiger partial charge in [-0.05, 0) is 31.5 Å². The van der Waals surface area contributed by atoms with Crippen molar-refractivity contribution in [1.82, 2.24) is 0 Å². The summed E-state index contributed by atoms with van der Waals surface area (Å²) in [5, 5.41) is 0.713. The van der Waals surface area contributed by atoms with Gasteiger partial charge in [0.25, 0.3) is 0 Å². The fourth-order valence-electron chi connectivity index (χ4n) is 3.23. The monoisotopic (exact) mass is 408 g/mol. The van der Waals surface area contributed by atoms with Crippen molar-refractivity contribution in [3.05, 3.63) is 40.2 Å². The smallest absolute Gasteiger partial charge is 0.336 e. The summed E-state index contributed by atoms with van der Waals surface area (Å²) in [7, 11) is 0. The highest BCUT2D eigenvalue weighted by molar-refractivity contribution is 5.81. The van der Waals surface area contributed by atoms with Gasteiger partial charge in [0, 0.05) is 31.4 Å². The van der Waals surface area contributed by atoms with E-state index in [4.69, 9.17) is 23.4 Å². The number of benzene rings is 1. The second-order valence-corrected chi connectivity index (χ2v) is 6.83. The summed E-state index contributed by atoms with van der Waals surface area (Å²) in [4.78, 5) is 34.3. The molecule has 0 aliphatic carbocycles. The molecule has 2 aromatic rings. The zero-order valence-electron chi connectivity index (χ0n) is 16.3. The van der Waals surface area contributed by atoms with Gasteiger partial charge in [-0.2, -0.15) is 0 Å². The molecule has 0 amide bonds. The number of carbonyl (C=O) groups is 2. The van der Waals surface area contributed by atoms with Gasteiger partial charge in [-0.15, -0.1) is 0 Å². The molecular weight excluding hydrogens is 387 g/mol. The Bertz CT molecular complexity index is 984. The number of halogens is 1. The van der Waals surface area contributed by atoms with Crippen molar-refractivity contribution in [1.29, 1.82) is 0 Å². The standard InChI is InChI=1S/C20H21FO8/c1-9-7-16(24)29-15-8-13(5-6-14(9)15)28-20-19(27-12(4)23)17(21)18(10(2)25-20)26-11(3)22/h5-8,10,17-20H,1-4H3/t10-,17+,18+,19-,20-/m0/s1. The van der Waals surface area contributed by atoms with Gasteiger partial charge in [-0.25, -0.2) is 9.18 Å². The Morgan fingerprint density at radius 1 is 1.07 bits per heavy atom. The van der Waals surface area contributed by atoms with Crippen LogP contribution in [0.5, 0.6) is 5.75 Å². The van der Waals surface area contributed by atoms with E-state index < -0.39 is 48.3 Å². The number of rotatable bonds is 4. The maximum absolute atomic E-state index is 15.0. The minimum absolute atomic E-state index is 0.221. The van der Waals surface area contributed by atoms with Gasteiger partial charge < -0.3 is 23.4 Å². The fraction of sp³-hybridized carbons (Fsp3) is 0.450. The second kappa shape index (κ2) is 8.20. The van der Waals surface area contributed by atoms with Gasteiger partial charge in [0.15, 0.2) is 18.4 Å². The molecule has 1 aliphatic rings. The highest BCUT2D eigenvalue weighted by atomic mass is 19.1. The SMILES string of the molecule is CC(=O)O[C@@H]1[C@H](Oc2ccc3c(C)cc(=O)oc3c2)O[C@@H](C)[C@@H](OC(C)=O)[C@H]1F. The van der Waals surface area contributed by atoms with Crippen LogP contribution in [0.4, 0.5) is 4.39 Å². The number of carbonyl (C=O) groups excluding carboxylic acids is 2. The Balaban J connectivity index is 1.89. The average Bonchev–Trinajstić information content (AvgIpc) is 2.61. The van der Waals surface area contributed by atoms with Crippen molar-refractivity contribution in [2.24, 2.45) is 0 Å². The molecule has 0 unspecified atom stereocenters. The molecule has 3 rings (SSSR count). The number of fused-ring (bicyclic) bond motifs is 1. The van der Waals surface area contributed by atoms with Crippen molar-refractivity contribution in [3.8, 4) is 5.75 Å². The second-order valence-electron chi connectivity index (χ2n) is 6.83. The maximum Gasteiger partial charge on any atom is 0.336 e. The summed E-state index contributed by atoms with van der Waals surface area (Å²) in [5.41, 5.74) is 0.506. The van der Waals surface area contributed by atoms with Gasteiger partial charge in [0.1, 0.15) is 11.3 Å². The summed E-state index contributed by atoms with van der Waals surface area (Å²) >= 11 is 0. The third kappa shape index (κ3) is 4.56. The van der Waals surface area contributed by atoms with Crippen LogP contribution in [-0.4, -0.2) is 42.7 Å². The maximum atomic E-state index is 15.0. The number of ether oxygens (including phenoxy) is 4. The number of hydrogen-bond acceptors (Lipinski definition) is 8. The topological polar surface area (TPSA) is 101 Å². The van der Waals surface area contributed by atoms with E-state index in [0.717, 1.165) is 19.4 Å². The van der Waals surface area contributed by atoms with E-state index in [1.54, 1.807) is 19.1 Å². The van der Waals surface area contributed by atoms with Gasteiger partial charge >= 0.3 is 17.6 Å². The number of alkyl halides is 1. The van der Waals surface area contributed by atoms with E-state index in [9.17, 15) is 14.4 Å². The summed E-state index contributed by atoms with van der Waals surface area (Å²) in [5.74, 6) is -1.21. The van der Waals surface area contributed by atoms with Crippen molar-refractivity contribution < 1.29 is 37.3 Å². The molecule has 1 aromatic carbocycles. The molecule has 0 spiro atoms. The Hall–Kier alpha value is -2.94. The Kier molecular flexibility index (Phi) is 5.88. The van der Waals surface area contributed by atoms with Gasteiger partial charge in [-0.3, -0.25) is 9.59 Å². The molecule has 8 nitrogen and oxygen atoms in total.